The number of aliphatic hydroxyl groups is 1. The van der Waals surface area contributed by atoms with Crippen molar-refractivity contribution in [1.29, 1.82) is 0 Å². The van der Waals surface area contributed by atoms with Crippen molar-refractivity contribution < 1.29 is 13.5 Å². The molecule has 0 fully saturated rings. The van der Waals surface area contributed by atoms with Gasteiger partial charge in [-0.15, -0.1) is 0 Å². The second kappa shape index (κ2) is 6.13. The average molecular weight is 292 g/mol. The van der Waals surface area contributed by atoms with Crippen LogP contribution in [0.3, 0.4) is 0 Å². The van der Waals surface area contributed by atoms with E-state index in [-0.39, 0.29) is 11.4 Å². The zero-order valence-electron chi connectivity index (χ0n) is 11.0. The first-order valence-corrected chi connectivity index (χ1v) is 7.60. The van der Waals surface area contributed by atoms with Gasteiger partial charge in [-0.2, -0.15) is 4.31 Å². The van der Waals surface area contributed by atoms with Crippen LogP contribution >= 0.6 is 0 Å². The van der Waals surface area contributed by atoms with E-state index in [1.165, 1.54) is 19.1 Å². The van der Waals surface area contributed by atoms with Gasteiger partial charge in [0, 0.05) is 6.20 Å². The number of rotatable bonds is 5. The Labute approximate surface area is 118 Å². The Morgan fingerprint density at radius 2 is 1.80 bits per heavy atom. The predicted octanol–water partition coefficient (Wildman–Crippen LogP) is 1.61. The van der Waals surface area contributed by atoms with Crippen LogP contribution in [0.5, 0.6) is 0 Å². The lowest BCUT2D eigenvalue weighted by Gasteiger charge is -2.24. The lowest BCUT2D eigenvalue weighted by molar-refractivity contribution is 0.0750. The monoisotopic (exact) mass is 292 g/mol. The average Bonchev–Trinajstić information content (AvgIpc) is 2.46. The SMILES string of the molecule is CC(O)N(Cc1ccccn1)S(=O)(=O)c1ccccc1. The van der Waals surface area contributed by atoms with Crippen molar-refractivity contribution in [1.82, 2.24) is 9.29 Å². The zero-order chi connectivity index (χ0) is 14.6. The Bertz CT molecular complexity index is 643. The third-order valence-corrected chi connectivity index (χ3v) is 4.73. The highest BCUT2D eigenvalue weighted by Gasteiger charge is 2.28. The Kier molecular flexibility index (Phi) is 4.49. The van der Waals surface area contributed by atoms with E-state index in [1.54, 1.807) is 42.6 Å². The van der Waals surface area contributed by atoms with Crippen LogP contribution in [0.25, 0.3) is 0 Å². The number of sulfonamides is 1. The van der Waals surface area contributed by atoms with Gasteiger partial charge in [0.2, 0.25) is 10.0 Å². The van der Waals surface area contributed by atoms with Gasteiger partial charge in [0.1, 0.15) is 6.23 Å². The van der Waals surface area contributed by atoms with Crippen LogP contribution in [0.15, 0.2) is 59.6 Å². The van der Waals surface area contributed by atoms with Gasteiger partial charge in [-0.25, -0.2) is 8.42 Å². The van der Waals surface area contributed by atoms with Gasteiger partial charge in [-0.1, -0.05) is 24.3 Å². The minimum absolute atomic E-state index is 0.0235. The second-order valence-corrected chi connectivity index (χ2v) is 6.21. The number of aliphatic hydroxyl groups excluding tert-OH is 1. The minimum Gasteiger partial charge on any atom is -0.378 e. The first-order chi connectivity index (χ1) is 9.51. The van der Waals surface area contributed by atoms with Crippen LogP contribution in [0.2, 0.25) is 0 Å². The fourth-order valence-corrected chi connectivity index (χ4v) is 3.27. The van der Waals surface area contributed by atoms with Crippen LogP contribution in [0.1, 0.15) is 12.6 Å². The standard InChI is InChI=1S/C14H16N2O3S/c1-12(17)16(11-13-7-5-6-10-15-13)20(18,19)14-8-3-2-4-9-14/h2-10,12,17H,11H2,1H3. The van der Waals surface area contributed by atoms with Crippen molar-refractivity contribution in [2.45, 2.75) is 24.6 Å². The Morgan fingerprint density at radius 3 is 2.35 bits per heavy atom. The highest BCUT2D eigenvalue weighted by atomic mass is 32.2. The van der Waals surface area contributed by atoms with Crippen LogP contribution in [0.4, 0.5) is 0 Å². The minimum atomic E-state index is -3.76. The molecule has 1 unspecified atom stereocenters. The predicted molar refractivity (Wildman–Crippen MR) is 75.1 cm³/mol. The molecule has 1 heterocycles. The van der Waals surface area contributed by atoms with Crippen LogP contribution < -0.4 is 0 Å². The summed E-state index contributed by atoms with van der Waals surface area (Å²) in [7, 11) is -3.76. The van der Waals surface area contributed by atoms with Crippen molar-refractivity contribution in [3.05, 3.63) is 60.4 Å². The van der Waals surface area contributed by atoms with Gasteiger partial charge in [0.05, 0.1) is 17.1 Å². The van der Waals surface area contributed by atoms with Gasteiger partial charge in [0.25, 0.3) is 0 Å². The molecule has 106 valence electrons. The molecule has 0 aliphatic rings. The first-order valence-electron chi connectivity index (χ1n) is 6.16. The molecule has 0 amide bonds. The molecule has 2 aromatic rings. The smallest absolute Gasteiger partial charge is 0.245 e. The molecule has 6 heteroatoms. The molecule has 1 N–H and O–H groups in total. The number of aromatic nitrogens is 1. The van der Waals surface area contributed by atoms with E-state index >= 15 is 0 Å². The van der Waals surface area contributed by atoms with E-state index in [0.717, 1.165) is 4.31 Å². The fourth-order valence-electron chi connectivity index (χ4n) is 1.80. The number of nitrogens with zero attached hydrogens (tertiary/aromatic N) is 2. The van der Waals surface area contributed by atoms with Crippen molar-refractivity contribution in [3.8, 4) is 0 Å². The summed E-state index contributed by atoms with van der Waals surface area (Å²) in [5.41, 5.74) is 0.577. The number of hydrogen-bond acceptors (Lipinski definition) is 4. The molecule has 0 saturated carbocycles. The lowest BCUT2D eigenvalue weighted by atomic mass is 10.3. The Hall–Kier alpha value is -1.76. The summed E-state index contributed by atoms with van der Waals surface area (Å²) in [4.78, 5) is 4.24. The van der Waals surface area contributed by atoms with Crippen molar-refractivity contribution in [3.63, 3.8) is 0 Å². The number of pyridine rings is 1. The molecule has 1 atom stereocenters. The van der Waals surface area contributed by atoms with E-state index in [4.69, 9.17) is 0 Å². The molecule has 0 aliphatic heterocycles. The van der Waals surface area contributed by atoms with E-state index in [9.17, 15) is 13.5 Å². The normalized spacial score (nSPS) is 13.3. The summed E-state index contributed by atoms with van der Waals surface area (Å²) < 4.78 is 26.1. The van der Waals surface area contributed by atoms with E-state index in [2.05, 4.69) is 4.98 Å². The molecule has 20 heavy (non-hydrogen) atoms. The lowest BCUT2D eigenvalue weighted by Crippen LogP contribution is -2.38. The topological polar surface area (TPSA) is 70.5 Å². The summed E-state index contributed by atoms with van der Waals surface area (Å²) in [6.07, 6.45) is 0.451. The molecule has 0 radical (unpaired) electrons. The highest BCUT2D eigenvalue weighted by molar-refractivity contribution is 7.89. The Morgan fingerprint density at radius 1 is 1.15 bits per heavy atom. The highest BCUT2D eigenvalue weighted by Crippen LogP contribution is 2.19. The molecule has 0 aliphatic carbocycles. The Balaban J connectivity index is 2.34. The van der Waals surface area contributed by atoms with Crippen molar-refractivity contribution in [2.75, 3.05) is 0 Å². The van der Waals surface area contributed by atoms with E-state index in [0.29, 0.717) is 5.69 Å². The number of hydrogen-bond donors (Lipinski definition) is 1. The summed E-state index contributed by atoms with van der Waals surface area (Å²) in [6, 6.07) is 13.3. The maximum absolute atomic E-state index is 12.5. The molecule has 0 saturated heterocycles. The molecular weight excluding hydrogens is 276 g/mol. The van der Waals surface area contributed by atoms with Gasteiger partial charge >= 0.3 is 0 Å². The summed E-state index contributed by atoms with van der Waals surface area (Å²) in [5.74, 6) is 0. The quantitative estimate of drug-likeness (QED) is 0.850. The van der Waals surface area contributed by atoms with E-state index < -0.39 is 16.3 Å². The molecule has 0 bridgehead atoms. The van der Waals surface area contributed by atoms with Crippen molar-refractivity contribution >= 4 is 10.0 Å². The second-order valence-electron chi connectivity index (χ2n) is 4.32. The number of benzene rings is 1. The maximum Gasteiger partial charge on any atom is 0.245 e. The van der Waals surface area contributed by atoms with Gasteiger partial charge < -0.3 is 5.11 Å². The van der Waals surface area contributed by atoms with Gasteiger partial charge in [-0.3, -0.25) is 4.98 Å². The molecule has 5 nitrogen and oxygen atoms in total. The first kappa shape index (κ1) is 14.6. The molecule has 1 aromatic heterocycles. The fraction of sp³-hybridized carbons (Fsp3) is 0.214. The molecule has 2 rings (SSSR count). The van der Waals surface area contributed by atoms with Crippen LogP contribution in [-0.2, 0) is 16.6 Å². The third kappa shape index (κ3) is 3.22. The van der Waals surface area contributed by atoms with Crippen LogP contribution in [0, 0.1) is 0 Å². The molecular formula is C14H16N2O3S. The van der Waals surface area contributed by atoms with Crippen molar-refractivity contribution in [2.24, 2.45) is 0 Å². The van der Waals surface area contributed by atoms with Gasteiger partial charge in [-0.05, 0) is 31.2 Å². The maximum atomic E-state index is 12.5. The van der Waals surface area contributed by atoms with Crippen LogP contribution in [-0.4, -0.2) is 29.0 Å². The third-order valence-electron chi connectivity index (χ3n) is 2.81. The summed E-state index contributed by atoms with van der Waals surface area (Å²) >= 11 is 0. The summed E-state index contributed by atoms with van der Waals surface area (Å²) in [6.45, 7) is 1.44. The largest absolute Gasteiger partial charge is 0.378 e. The zero-order valence-corrected chi connectivity index (χ0v) is 11.9. The van der Waals surface area contributed by atoms with E-state index in [1.807, 2.05) is 0 Å². The summed E-state index contributed by atoms with van der Waals surface area (Å²) in [5, 5.41) is 9.79. The molecule has 0 spiro atoms. The molecule has 1 aromatic carbocycles. The van der Waals surface area contributed by atoms with Gasteiger partial charge in [0.15, 0.2) is 0 Å².